The molecular formula is C12H16BF3N5-. The molecule has 0 unspecified atom stereocenters. The molecule has 1 aliphatic rings. The van der Waals surface area contributed by atoms with Gasteiger partial charge in [-0.15, -0.1) is 0 Å². The van der Waals surface area contributed by atoms with Gasteiger partial charge in [-0.25, -0.2) is 0 Å². The summed E-state index contributed by atoms with van der Waals surface area (Å²) in [6.45, 7) is -0.376. The quantitative estimate of drug-likeness (QED) is 0.401. The molecule has 1 aromatic carbocycles. The topological polar surface area (TPSA) is 64.0 Å². The molecule has 1 N–H and O–H groups in total. The van der Waals surface area contributed by atoms with Crippen molar-refractivity contribution >= 4 is 18.4 Å². The summed E-state index contributed by atoms with van der Waals surface area (Å²) in [5.41, 5.74) is 10.1. The van der Waals surface area contributed by atoms with Crippen LogP contribution in [0.5, 0.6) is 0 Å². The molecule has 0 saturated carbocycles. The van der Waals surface area contributed by atoms with Gasteiger partial charge < -0.3 is 23.2 Å². The highest BCUT2D eigenvalue weighted by atomic mass is 19.4. The minimum Gasteiger partial charge on any atom is -0.449 e. The standard InChI is InChI=1S/C12H16BF3N5/c1-9-10(8-13(14,15)16)6-11(7-12(9)19-20-17)21-4-2-18-3-5-21/h6-7,18H,2-5,8H2,1H3/q-1. The van der Waals surface area contributed by atoms with Crippen molar-refractivity contribution in [3.05, 3.63) is 33.7 Å². The Morgan fingerprint density at radius 1 is 1.33 bits per heavy atom. The highest BCUT2D eigenvalue weighted by Gasteiger charge is 2.25. The number of hydrogen-bond acceptors (Lipinski definition) is 3. The molecule has 0 atom stereocenters. The van der Waals surface area contributed by atoms with Gasteiger partial charge in [-0.05, 0) is 30.2 Å². The molecule has 0 aliphatic carbocycles. The predicted octanol–water partition coefficient (Wildman–Crippen LogP) is 3.28. The zero-order valence-corrected chi connectivity index (χ0v) is 11.7. The van der Waals surface area contributed by atoms with Crippen LogP contribution in [0.25, 0.3) is 10.4 Å². The van der Waals surface area contributed by atoms with E-state index < -0.39 is 13.3 Å². The first-order valence-corrected chi connectivity index (χ1v) is 6.76. The molecule has 114 valence electrons. The van der Waals surface area contributed by atoms with Crippen LogP contribution in [-0.2, 0) is 6.32 Å². The van der Waals surface area contributed by atoms with Crippen molar-refractivity contribution in [2.75, 3.05) is 31.1 Å². The molecule has 0 bridgehead atoms. The van der Waals surface area contributed by atoms with E-state index in [0.29, 0.717) is 11.3 Å². The zero-order chi connectivity index (χ0) is 15.5. The molecule has 0 radical (unpaired) electrons. The second-order valence-corrected chi connectivity index (χ2v) is 5.09. The van der Waals surface area contributed by atoms with Gasteiger partial charge in [0.2, 0.25) is 0 Å². The molecule has 2 rings (SSSR count). The van der Waals surface area contributed by atoms with Crippen LogP contribution in [0.2, 0.25) is 0 Å². The minimum atomic E-state index is -4.93. The minimum absolute atomic E-state index is 0.181. The maximum Gasteiger partial charge on any atom is 0.482 e. The summed E-state index contributed by atoms with van der Waals surface area (Å²) in [6, 6.07) is 3.22. The Hall–Kier alpha value is -1.86. The molecule has 1 heterocycles. The van der Waals surface area contributed by atoms with Gasteiger partial charge in [-0.1, -0.05) is 17.0 Å². The fourth-order valence-corrected chi connectivity index (χ4v) is 2.46. The SMILES string of the molecule is Cc1c(C[B-](F)(F)F)cc(N2CCNCC2)cc1N=[N+]=[N-]. The van der Waals surface area contributed by atoms with E-state index in [2.05, 4.69) is 15.3 Å². The molecule has 1 fully saturated rings. The molecule has 9 heteroatoms. The zero-order valence-electron chi connectivity index (χ0n) is 11.7. The Balaban J connectivity index is 2.42. The summed E-state index contributed by atoms with van der Waals surface area (Å²) in [4.78, 5) is 4.71. The summed E-state index contributed by atoms with van der Waals surface area (Å²) >= 11 is 0. The molecule has 0 amide bonds. The van der Waals surface area contributed by atoms with Crippen LogP contribution in [0.15, 0.2) is 17.2 Å². The van der Waals surface area contributed by atoms with E-state index in [1.54, 1.807) is 19.1 Å². The van der Waals surface area contributed by atoms with Crippen molar-refractivity contribution in [3.63, 3.8) is 0 Å². The van der Waals surface area contributed by atoms with Crippen LogP contribution < -0.4 is 10.2 Å². The van der Waals surface area contributed by atoms with Crippen LogP contribution >= 0.6 is 0 Å². The van der Waals surface area contributed by atoms with E-state index in [4.69, 9.17) is 5.53 Å². The molecular weight excluding hydrogens is 282 g/mol. The molecule has 0 spiro atoms. The number of halogens is 3. The predicted molar refractivity (Wildman–Crippen MR) is 77.8 cm³/mol. The largest absolute Gasteiger partial charge is 0.482 e. The number of azide groups is 1. The van der Waals surface area contributed by atoms with Gasteiger partial charge in [-0.3, -0.25) is 0 Å². The first-order chi connectivity index (χ1) is 9.90. The third-order valence-corrected chi connectivity index (χ3v) is 3.56. The van der Waals surface area contributed by atoms with Gasteiger partial charge in [-0.2, -0.15) is 0 Å². The Morgan fingerprint density at radius 2 is 2.00 bits per heavy atom. The average molecular weight is 298 g/mol. The van der Waals surface area contributed by atoms with Gasteiger partial charge in [0.15, 0.2) is 0 Å². The smallest absolute Gasteiger partial charge is 0.449 e. The van der Waals surface area contributed by atoms with E-state index in [1.165, 1.54) is 0 Å². The number of benzene rings is 1. The third-order valence-electron chi connectivity index (χ3n) is 3.56. The van der Waals surface area contributed by atoms with Gasteiger partial charge in [0.25, 0.3) is 0 Å². The van der Waals surface area contributed by atoms with Crippen molar-refractivity contribution in [1.82, 2.24) is 5.32 Å². The summed E-state index contributed by atoms with van der Waals surface area (Å²) in [6.07, 6.45) is -0.959. The van der Waals surface area contributed by atoms with Crippen LogP contribution in [0.4, 0.5) is 24.3 Å². The molecule has 1 aromatic rings. The van der Waals surface area contributed by atoms with E-state index in [9.17, 15) is 12.9 Å². The van der Waals surface area contributed by atoms with Gasteiger partial charge >= 0.3 is 6.98 Å². The molecule has 5 nitrogen and oxygen atoms in total. The number of piperazine rings is 1. The van der Waals surface area contributed by atoms with Crippen LogP contribution in [-0.4, -0.2) is 33.2 Å². The van der Waals surface area contributed by atoms with E-state index in [0.717, 1.165) is 26.2 Å². The Labute approximate surface area is 120 Å². The summed E-state index contributed by atoms with van der Waals surface area (Å²) < 4.78 is 38.2. The average Bonchev–Trinajstić information content (AvgIpc) is 2.43. The fraction of sp³-hybridized carbons (Fsp3) is 0.500. The fourth-order valence-electron chi connectivity index (χ4n) is 2.46. The summed E-state index contributed by atoms with van der Waals surface area (Å²) in [5, 5.41) is 6.72. The van der Waals surface area contributed by atoms with Gasteiger partial charge in [0, 0.05) is 42.5 Å². The van der Waals surface area contributed by atoms with Crippen LogP contribution in [0.1, 0.15) is 11.1 Å². The lowest BCUT2D eigenvalue weighted by atomic mass is 9.80. The van der Waals surface area contributed by atoms with Crippen molar-refractivity contribution in [3.8, 4) is 0 Å². The second kappa shape index (κ2) is 6.28. The Morgan fingerprint density at radius 3 is 2.57 bits per heavy atom. The lowest BCUT2D eigenvalue weighted by molar-refractivity contribution is 0.468. The molecule has 1 saturated heterocycles. The van der Waals surface area contributed by atoms with Crippen LogP contribution in [0.3, 0.4) is 0 Å². The molecule has 1 aliphatic heterocycles. The second-order valence-electron chi connectivity index (χ2n) is 5.09. The Kier molecular flexibility index (Phi) is 4.64. The van der Waals surface area contributed by atoms with Gasteiger partial charge in [0.1, 0.15) is 0 Å². The van der Waals surface area contributed by atoms with Crippen molar-refractivity contribution < 1.29 is 12.9 Å². The maximum atomic E-state index is 12.7. The number of nitrogens with one attached hydrogen (secondary N) is 1. The highest BCUT2D eigenvalue weighted by Crippen LogP contribution is 2.32. The van der Waals surface area contributed by atoms with Gasteiger partial charge in [0.05, 0.1) is 0 Å². The Bertz CT molecular complexity index is 563. The van der Waals surface area contributed by atoms with E-state index >= 15 is 0 Å². The monoisotopic (exact) mass is 298 g/mol. The number of rotatable bonds is 4. The number of nitrogens with zero attached hydrogens (tertiary/aromatic N) is 4. The molecule has 21 heavy (non-hydrogen) atoms. The van der Waals surface area contributed by atoms with Crippen molar-refractivity contribution in [2.24, 2.45) is 5.11 Å². The first-order valence-electron chi connectivity index (χ1n) is 6.76. The molecule has 0 aromatic heterocycles. The van der Waals surface area contributed by atoms with E-state index in [1.807, 2.05) is 4.90 Å². The van der Waals surface area contributed by atoms with Crippen molar-refractivity contribution in [2.45, 2.75) is 13.2 Å². The third kappa shape index (κ3) is 4.06. The van der Waals surface area contributed by atoms with Crippen molar-refractivity contribution in [1.29, 1.82) is 0 Å². The lowest BCUT2D eigenvalue weighted by Crippen LogP contribution is -2.43. The summed E-state index contributed by atoms with van der Waals surface area (Å²) in [5.74, 6) is 0. The highest BCUT2D eigenvalue weighted by molar-refractivity contribution is 6.57. The van der Waals surface area contributed by atoms with E-state index in [-0.39, 0.29) is 11.3 Å². The number of hydrogen-bond donors (Lipinski definition) is 1. The normalized spacial score (nSPS) is 15.7. The lowest BCUT2D eigenvalue weighted by Gasteiger charge is -2.31. The first kappa shape index (κ1) is 15.5. The number of anilines is 1. The maximum absolute atomic E-state index is 12.7. The summed E-state index contributed by atoms with van der Waals surface area (Å²) in [7, 11) is 0. The van der Waals surface area contributed by atoms with Crippen LogP contribution in [0, 0.1) is 6.92 Å².